The van der Waals surface area contributed by atoms with Crippen LogP contribution in [0.3, 0.4) is 0 Å². The Hall–Kier alpha value is -0.140. The molecule has 0 nitrogen and oxygen atoms in total. The van der Waals surface area contributed by atoms with Gasteiger partial charge in [-0.05, 0) is 61.1 Å². The lowest BCUT2D eigenvalue weighted by molar-refractivity contribution is 0.709. The first-order valence-corrected chi connectivity index (χ1v) is 8.23. The summed E-state index contributed by atoms with van der Waals surface area (Å²) in [6, 6.07) is 7.04. The second kappa shape index (κ2) is 7.33. The number of unbranched alkanes of at least 4 members (excludes halogenated alkanes) is 3. The van der Waals surface area contributed by atoms with Gasteiger partial charge in [-0.25, -0.2) is 0 Å². The molecule has 0 atom stereocenters. The molecule has 0 aliphatic heterocycles. The molecule has 1 aliphatic carbocycles. The molecule has 1 aromatic carbocycles. The van der Waals surface area contributed by atoms with Crippen LogP contribution in [-0.2, 0) is 12.8 Å². The van der Waals surface area contributed by atoms with Crippen LogP contribution in [0.4, 0.5) is 0 Å². The Morgan fingerprint density at radius 1 is 1.00 bits per heavy atom. The summed E-state index contributed by atoms with van der Waals surface area (Å²) in [6.45, 7) is 0. The average molecular weight is 269 g/mol. The topological polar surface area (TPSA) is 0 Å². The summed E-state index contributed by atoms with van der Waals surface area (Å²) in [5, 5.41) is 0. The Morgan fingerprint density at radius 2 is 1.82 bits per heavy atom. The van der Waals surface area contributed by atoms with Gasteiger partial charge in [0.05, 0.1) is 0 Å². The Kier molecular flexibility index (Phi) is 5.73. The fraction of sp³-hybridized carbons (Fsp3) is 0.600. The van der Waals surface area contributed by atoms with E-state index in [0.29, 0.717) is 0 Å². The van der Waals surface area contributed by atoms with Gasteiger partial charge in [0.1, 0.15) is 0 Å². The van der Waals surface area contributed by atoms with Crippen LogP contribution >= 0.6 is 23.4 Å². The van der Waals surface area contributed by atoms with Gasteiger partial charge in [0.15, 0.2) is 0 Å². The quantitative estimate of drug-likeness (QED) is 0.378. The standard InChI is InChI=1S/C15H21ClS/c16-10-3-1-2-4-11-17-15-9-8-13-6-5-7-14(13)12-15/h8-9,12H,1-7,10-11H2. The third-order valence-corrected chi connectivity index (χ3v) is 4.71. The normalized spacial score (nSPS) is 13.9. The lowest BCUT2D eigenvalue weighted by Gasteiger charge is -2.04. The molecular formula is C15H21ClS. The van der Waals surface area contributed by atoms with E-state index in [1.165, 1.54) is 55.6 Å². The monoisotopic (exact) mass is 268 g/mol. The van der Waals surface area contributed by atoms with Crippen LogP contribution < -0.4 is 0 Å². The lowest BCUT2D eigenvalue weighted by Crippen LogP contribution is -1.85. The van der Waals surface area contributed by atoms with E-state index in [9.17, 15) is 0 Å². The van der Waals surface area contributed by atoms with Gasteiger partial charge in [-0.3, -0.25) is 0 Å². The van der Waals surface area contributed by atoms with Gasteiger partial charge in [-0.15, -0.1) is 23.4 Å². The number of thioether (sulfide) groups is 1. The van der Waals surface area contributed by atoms with E-state index in [4.69, 9.17) is 11.6 Å². The molecule has 0 unspecified atom stereocenters. The minimum absolute atomic E-state index is 0.817. The summed E-state index contributed by atoms with van der Waals surface area (Å²) < 4.78 is 0. The largest absolute Gasteiger partial charge is 0.127 e. The SMILES string of the molecule is ClCCCCCCSc1ccc2c(c1)CCC2. The highest BCUT2D eigenvalue weighted by molar-refractivity contribution is 7.99. The number of fused-ring (bicyclic) bond motifs is 1. The van der Waals surface area contributed by atoms with Crippen molar-refractivity contribution in [2.45, 2.75) is 49.8 Å². The second-order valence-corrected chi connectivity index (χ2v) is 6.28. The maximum atomic E-state index is 5.66. The number of rotatable bonds is 7. The number of hydrogen-bond acceptors (Lipinski definition) is 1. The van der Waals surface area contributed by atoms with Crippen molar-refractivity contribution in [1.29, 1.82) is 0 Å². The number of halogens is 1. The minimum atomic E-state index is 0.817. The average Bonchev–Trinajstić information content (AvgIpc) is 2.81. The van der Waals surface area contributed by atoms with Crippen LogP contribution in [-0.4, -0.2) is 11.6 Å². The molecule has 0 N–H and O–H groups in total. The van der Waals surface area contributed by atoms with E-state index in [-0.39, 0.29) is 0 Å². The first-order chi connectivity index (χ1) is 8.40. The molecule has 1 aliphatic rings. The summed E-state index contributed by atoms with van der Waals surface area (Å²) in [5.41, 5.74) is 3.17. The van der Waals surface area contributed by atoms with E-state index in [1.54, 1.807) is 11.1 Å². The fourth-order valence-corrected chi connectivity index (χ4v) is 3.54. The Balaban J connectivity index is 1.69. The first kappa shape index (κ1) is 13.3. The zero-order valence-electron chi connectivity index (χ0n) is 10.4. The molecule has 0 bridgehead atoms. The zero-order valence-corrected chi connectivity index (χ0v) is 12.0. The molecule has 1 aromatic rings. The second-order valence-electron chi connectivity index (χ2n) is 4.74. The number of aryl methyl sites for hydroxylation is 2. The number of benzene rings is 1. The fourth-order valence-electron chi connectivity index (χ4n) is 2.38. The van der Waals surface area contributed by atoms with Crippen LogP contribution in [0.5, 0.6) is 0 Å². The van der Waals surface area contributed by atoms with Crippen LogP contribution in [0.1, 0.15) is 43.2 Å². The number of alkyl halides is 1. The molecular weight excluding hydrogens is 248 g/mol. The highest BCUT2D eigenvalue weighted by Gasteiger charge is 2.10. The van der Waals surface area contributed by atoms with Gasteiger partial charge in [0.25, 0.3) is 0 Å². The minimum Gasteiger partial charge on any atom is -0.127 e. The van der Waals surface area contributed by atoms with Crippen LogP contribution in [0.15, 0.2) is 23.1 Å². The summed E-state index contributed by atoms with van der Waals surface area (Å²) in [5.74, 6) is 2.07. The zero-order chi connectivity index (χ0) is 11.9. The first-order valence-electron chi connectivity index (χ1n) is 6.71. The van der Waals surface area contributed by atoms with Gasteiger partial charge >= 0.3 is 0 Å². The smallest absolute Gasteiger partial charge is 0.0223 e. The van der Waals surface area contributed by atoms with E-state index in [2.05, 4.69) is 18.2 Å². The molecule has 17 heavy (non-hydrogen) atoms. The molecule has 0 amide bonds. The lowest BCUT2D eigenvalue weighted by atomic mass is 10.1. The van der Waals surface area contributed by atoms with Crippen LogP contribution in [0, 0.1) is 0 Å². The van der Waals surface area contributed by atoms with E-state index < -0.39 is 0 Å². The highest BCUT2D eigenvalue weighted by atomic mass is 35.5. The summed E-state index contributed by atoms with van der Waals surface area (Å²) >= 11 is 7.67. The van der Waals surface area contributed by atoms with Crippen molar-refractivity contribution in [3.63, 3.8) is 0 Å². The van der Waals surface area contributed by atoms with E-state index in [0.717, 1.165) is 5.88 Å². The summed E-state index contributed by atoms with van der Waals surface area (Å²) in [6.07, 6.45) is 9.03. The van der Waals surface area contributed by atoms with Gasteiger partial charge in [-0.1, -0.05) is 18.9 Å². The van der Waals surface area contributed by atoms with E-state index in [1.807, 2.05) is 11.8 Å². The van der Waals surface area contributed by atoms with Crippen molar-refractivity contribution in [2.24, 2.45) is 0 Å². The van der Waals surface area contributed by atoms with Crippen molar-refractivity contribution in [1.82, 2.24) is 0 Å². The molecule has 0 spiro atoms. The summed E-state index contributed by atoms with van der Waals surface area (Å²) in [4.78, 5) is 1.46. The van der Waals surface area contributed by atoms with Gasteiger partial charge in [0, 0.05) is 10.8 Å². The molecule has 0 fully saturated rings. The van der Waals surface area contributed by atoms with Crippen LogP contribution in [0.25, 0.3) is 0 Å². The Bertz CT molecular complexity index is 349. The van der Waals surface area contributed by atoms with Crippen molar-refractivity contribution in [3.05, 3.63) is 29.3 Å². The van der Waals surface area contributed by atoms with Gasteiger partial charge in [0.2, 0.25) is 0 Å². The van der Waals surface area contributed by atoms with Gasteiger partial charge in [-0.2, -0.15) is 0 Å². The molecule has 2 rings (SSSR count). The van der Waals surface area contributed by atoms with Crippen molar-refractivity contribution in [3.8, 4) is 0 Å². The van der Waals surface area contributed by atoms with Crippen molar-refractivity contribution >= 4 is 23.4 Å². The van der Waals surface area contributed by atoms with Gasteiger partial charge < -0.3 is 0 Å². The molecule has 0 heterocycles. The molecule has 0 saturated carbocycles. The predicted molar refractivity (Wildman–Crippen MR) is 78.4 cm³/mol. The Morgan fingerprint density at radius 3 is 2.71 bits per heavy atom. The highest BCUT2D eigenvalue weighted by Crippen LogP contribution is 2.28. The molecule has 0 aromatic heterocycles. The third-order valence-electron chi connectivity index (χ3n) is 3.37. The van der Waals surface area contributed by atoms with Crippen molar-refractivity contribution < 1.29 is 0 Å². The maximum absolute atomic E-state index is 5.66. The van der Waals surface area contributed by atoms with Crippen molar-refractivity contribution in [2.75, 3.05) is 11.6 Å². The molecule has 0 saturated heterocycles. The Labute approximate surface area is 114 Å². The van der Waals surface area contributed by atoms with Crippen LogP contribution in [0.2, 0.25) is 0 Å². The molecule has 94 valence electrons. The molecule has 2 heteroatoms. The maximum Gasteiger partial charge on any atom is 0.0223 e. The molecule has 0 radical (unpaired) electrons. The third kappa shape index (κ3) is 4.22. The number of hydrogen-bond donors (Lipinski definition) is 0. The predicted octanol–water partition coefficient (Wildman–Crippen LogP) is 5.07. The van der Waals surface area contributed by atoms with E-state index >= 15 is 0 Å². The summed E-state index contributed by atoms with van der Waals surface area (Å²) in [7, 11) is 0.